The van der Waals surface area contributed by atoms with E-state index in [4.69, 9.17) is 10.5 Å². The van der Waals surface area contributed by atoms with Gasteiger partial charge in [0.2, 0.25) is 0 Å². The highest BCUT2D eigenvalue weighted by atomic mass is 16.5. The number of hydrogen-bond donors (Lipinski definition) is 1. The van der Waals surface area contributed by atoms with E-state index >= 15 is 0 Å². The molecule has 0 aromatic heterocycles. The SMILES string of the molecule is CCOC(=O)/C=C/C(C)=C/c1ccc(N)cc1. The van der Waals surface area contributed by atoms with E-state index in [0.717, 1.165) is 16.8 Å². The fraction of sp³-hybridized carbons (Fsp3) is 0.214. The zero-order valence-corrected chi connectivity index (χ0v) is 10.1. The quantitative estimate of drug-likeness (QED) is 0.375. The molecule has 90 valence electrons. The summed E-state index contributed by atoms with van der Waals surface area (Å²) in [5.41, 5.74) is 8.35. The highest BCUT2D eigenvalue weighted by molar-refractivity contribution is 5.82. The molecule has 0 unspecified atom stereocenters. The van der Waals surface area contributed by atoms with E-state index in [1.165, 1.54) is 6.08 Å². The van der Waals surface area contributed by atoms with Crippen LogP contribution in [0.3, 0.4) is 0 Å². The molecule has 0 aliphatic carbocycles. The second-order valence-electron chi connectivity index (χ2n) is 3.64. The Balaban J connectivity index is 2.66. The van der Waals surface area contributed by atoms with Gasteiger partial charge < -0.3 is 10.5 Å². The van der Waals surface area contributed by atoms with Crippen LogP contribution in [0.5, 0.6) is 0 Å². The Bertz CT molecular complexity index is 430. The smallest absolute Gasteiger partial charge is 0.330 e. The van der Waals surface area contributed by atoms with Gasteiger partial charge >= 0.3 is 5.97 Å². The number of esters is 1. The summed E-state index contributed by atoms with van der Waals surface area (Å²) in [5, 5.41) is 0. The second-order valence-corrected chi connectivity index (χ2v) is 3.64. The first-order chi connectivity index (χ1) is 8.11. The van der Waals surface area contributed by atoms with Gasteiger partial charge in [-0.15, -0.1) is 0 Å². The van der Waals surface area contributed by atoms with Crippen LogP contribution in [0, 0.1) is 0 Å². The summed E-state index contributed by atoms with van der Waals surface area (Å²) >= 11 is 0. The van der Waals surface area contributed by atoms with Gasteiger partial charge in [0.15, 0.2) is 0 Å². The first-order valence-electron chi connectivity index (χ1n) is 5.50. The van der Waals surface area contributed by atoms with Crippen LogP contribution in [0.15, 0.2) is 42.0 Å². The minimum absolute atomic E-state index is 0.322. The van der Waals surface area contributed by atoms with Crippen LogP contribution in [0.1, 0.15) is 19.4 Å². The van der Waals surface area contributed by atoms with Gasteiger partial charge in [-0.25, -0.2) is 4.79 Å². The molecule has 0 saturated carbocycles. The van der Waals surface area contributed by atoms with Crippen molar-refractivity contribution in [2.24, 2.45) is 0 Å². The molecule has 1 aromatic rings. The van der Waals surface area contributed by atoms with Crippen molar-refractivity contribution in [3.8, 4) is 0 Å². The number of carbonyl (C=O) groups is 1. The first-order valence-corrected chi connectivity index (χ1v) is 5.50. The van der Waals surface area contributed by atoms with Crippen molar-refractivity contribution >= 4 is 17.7 Å². The van der Waals surface area contributed by atoms with Crippen molar-refractivity contribution in [1.82, 2.24) is 0 Å². The number of ether oxygens (including phenoxy) is 1. The zero-order chi connectivity index (χ0) is 12.7. The van der Waals surface area contributed by atoms with Crippen molar-refractivity contribution in [3.63, 3.8) is 0 Å². The van der Waals surface area contributed by atoms with Crippen molar-refractivity contribution in [3.05, 3.63) is 47.6 Å². The molecule has 2 N–H and O–H groups in total. The topological polar surface area (TPSA) is 52.3 Å². The maximum absolute atomic E-state index is 11.1. The maximum atomic E-state index is 11.1. The highest BCUT2D eigenvalue weighted by Gasteiger charge is 1.93. The molecule has 0 saturated heterocycles. The molecule has 0 heterocycles. The molecule has 0 aliphatic rings. The average molecular weight is 231 g/mol. The van der Waals surface area contributed by atoms with Gasteiger partial charge in [-0.2, -0.15) is 0 Å². The Kier molecular flexibility index (Phi) is 5.01. The number of anilines is 1. The summed E-state index contributed by atoms with van der Waals surface area (Å²) in [6, 6.07) is 7.54. The number of benzene rings is 1. The van der Waals surface area contributed by atoms with Gasteiger partial charge in [0.1, 0.15) is 0 Å². The number of carbonyl (C=O) groups excluding carboxylic acids is 1. The minimum atomic E-state index is -0.322. The summed E-state index contributed by atoms with van der Waals surface area (Å²) in [6.07, 6.45) is 5.12. The lowest BCUT2D eigenvalue weighted by Gasteiger charge is -1.97. The lowest BCUT2D eigenvalue weighted by atomic mass is 10.1. The molecule has 0 fully saturated rings. The van der Waals surface area contributed by atoms with Crippen molar-refractivity contribution in [1.29, 1.82) is 0 Å². The van der Waals surface area contributed by atoms with E-state index in [0.29, 0.717) is 6.61 Å². The summed E-state index contributed by atoms with van der Waals surface area (Å²) in [6.45, 7) is 4.10. The number of nitrogen functional groups attached to an aromatic ring is 1. The van der Waals surface area contributed by atoms with Crippen LogP contribution in [0.4, 0.5) is 5.69 Å². The monoisotopic (exact) mass is 231 g/mol. The third-order valence-corrected chi connectivity index (χ3v) is 2.10. The van der Waals surface area contributed by atoms with Gasteiger partial charge in [0.25, 0.3) is 0 Å². The Morgan fingerprint density at radius 2 is 1.94 bits per heavy atom. The zero-order valence-electron chi connectivity index (χ0n) is 10.1. The number of allylic oxidation sites excluding steroid dienone is 2. The van der Waals surface area contributed by atoms with Crippen LogP contribution < -0.4 is 5.73 Å². The average Bonchev–Trinajstić information content (AvgIpc) is 2.30. The van der Waals surface area contributed by atoms with Gasteiger partial charge in [-0.1, -0.05) is 29.9 Å². The molecule has 0 radical (unpaired) electrons. The molecule has 3 heteroatoms. The normalized spacial score (nSPS) is 11.8. The maximum Gasteiger partial charge on any atom is 0.330 e. The summed E-state index contributed by atoms with van der Waals surface area (Å²) in [7, 11) is 0. The van der Waals surface area contributed by atoms with Crippen molar-refractivity contribution in [2.45, 2.75) is 13.8 Å². The Morgan fingerprint density at radius 3 is 2.53 bits per heavy atom. The van der Waals surface area contributed by atoms with Crippen LogP contribution in [-0.4, -0.2) is 12.6 Å². The molecule has 0 aliphatic heterocycles. The predicted molar refractivity (Wildman–Crippen MR) is 70.3 cm³/mol. The molecule has 3 nitrogen and oxygen atoms in total. The van der Waals surface area contributed by atoms with Gasteiger partial charge in [0, 0.05) is 11.8 Å². The number of nitrogens with two attached hydrogens (primary N) is 1. The largest absolute Gasteiger partial charge is 0.463 e. The lowest BCUT2D eigenvalue weighted by molar-refractivity contribution is -0.137. The molecular weight excluding hydrogens is 214 g/mol. The lowest BCUT2D eigenvalue weighted by Crippen LogP contribution is -1.98. The van der Waals surface area contributed by atoms with E-state index in [2.05, 4.69) is 0 Å². The third-order valence-electron chi connectivity index (χ3n) is 2.10. The van der Waals surface area contributed by atoms with Crippen LogP contribution in [0.25, 0.3) is 6.08 Å². The summed E-state index contributed by atoms with van der Waals surface area (Å²) in [4.78, 5) is 11.1. The molecular formula is C14H17NO2. The predicted octanol–water partition coefficient (Wildman–Crippen LogP) is 2.79. The van der Waals surface area contributed by atoms with Crippen LogP contribution in [-0.2, 0) is 9.53 Å². The highest BCUT2D eigenvalue weighted by Crippen LogP contribution is 2.10. The minimum Gasteiger partial charge on any atom is -0.463 e. The molecule has 17 heavy (non-hydrogen) atoms. The Labute approximate surface area is 102 Å². The Hall–Kier alpha value is -2.03. The van der Waals surface area contributed by atoms with Crippen molar-refractivity contribution < 1.29 is 9.53 Å². The third kappa shape index (κ3) is 5.02. The molecule has 0 amide bonds. The molecule has 0 bridgehead atoms. The molecule has 0 spiro atoms. The summed E-state index contributed by atoms with van der Waals surface area (Å²) in [5.74, 6) is -0.322. The van der Waals surface area contributed by atoms with Crippen LogP contribution >= 0.6 is 0 Å². The number of hydrogen-bond acceptors (Lipinski definition) is 3. The van der Waals surface area contributed by atoms with E-state index in [1.54, 1.807) is 13.0 Å². The fourth-order valence-electron chi connectivity index (χ4n) is 1.29. The van der Waals surface area contributed by atoms with Gasteiger partial charge in [-0.05, 0) is 31.5 Å². The fourth-order valence-corrected chi connectivity index (χ4v) is 1.29. The molecule has 1 rings (SSSR count). The standard InChI is InChI=1S/C14H17NO2/c1-3-17-14(16)9-4-11(2)10-12-5-7-13(15)8-6-12/h4-10H,3,15H2,1-2H3/b9-4+,11-10+. The second kappa shape index (κ2) is 6.53. The number of rotatable bonds is 4. The van der Waals surface area contributed by atoms with Gasteiger partial charge in [-0.3, -0.25) is 0 Å². The van der Waals surface area contributed by atoms with E-state index in [-0.39, 0.29) is 5.97 Å². The van der Waals surface area contributed by atoms with Gasteiger partial charge in [0.05, 0.1) is 6.61 Å². The van der Waals surface area contributed by atoms with E-state index in [1.807, 2.05) is 37.3 Å². The summed E-state index contributed by atoms with van der Waals surface area (Å²) < 4.78 is 4.79. The van der Waals surface area contributed by atoms with Crippen molar-refractivity contribution in [2.75, 3.05) is 12.3 Å². The molecule has 1 aromatic carbocycles. The molecule has 0 atom stereocenters. The Morgan fingerprint density at radius 1 is 1.29 bits per heavy atom. The van der Waals surface area contributed by atoms with E-state index in [9.17, 15) is 4.79 Å². The van der Waals surface area contributed by atoms with Crippen LogP contribution in [0.2, 0.25) is 0 Å². The first kappa shape index (κ1) is 13.0. The van der Waals surface area contributed by atoms with E-state index < -0.39 is 0 Å².